The minimum atomic E-state index is -0.908. The van der Waals surface area contributed by atoms with Gasteiger partial charge >= 0.3 is 11.9 Å². The first-order valence-corrected chi connectivity index (χ1v) is 13.3. The number of hydrogen-bond donors (Lipinski definition) is 1. The maximum Gasteiger partial charge on any atom is 0.307 e. The highest BCUT2D eigenvalue weighted by Gasteiger charge is 2.21. The Hall–Kier alpha value is -1.58. The Morgan fingerprint density at radius 1 is 0.781 bits per heavy atom. The van der Waals surface area contributed by atoms with Gasteiger partial charge in [-0.25, -0.2) is 0 Å². The maximum atomic E-state index is 11.6. The second-order valence-electron chi connectivity index (χ2n) is 9.00. The van der Waals surface area contributed by atoms with Gasteiger partial charge in [-0.1, -0.05) is 115 Å². The normalized spacial score (nSPS) is 12.2. The van der Waals surface area contributed by atoms with Crippen molar-refractivity contribution < 1.29 is 19.4 Å². The van der Waals surface area contributed by atoms with Crippen LogP contribution in [0.4, 0.5) is 0 Å². The molecule has 1 atom stereocenters. The van der Waals surface area contributed by atoms with Crippen molar-refractivity contribution in [3.63, 3.8) is 0 Å². The largest absolute Gasteiger partial charge is 0.481 e. The number of allylic oxidation sites excluding steroid dienone is 2. The van der Waals surface area contributed by atoms with Crippen LogP contribution in [0.15, 0.2) is 24.8 Å². The molecule has 0 radical (unpaired) electrons. The van der Waals surface area contributed by atoms with Gasteiger partial charge in [0.15, 0.2) is 0 Å². The molecule has 0 rings (SSSR count). The molecule has 0 spiro atoms. The van der Waals surface area contributed by atoms with Gasteiger partial charge in [0, 0.05) is 0 Å². The van der Waals surface area contributed by atoms with E-state index in [0.29, 0.717) is 6.42 Å². The monoisotopic (exact) mass is 450 g/mol. The fraction of sp³-hybridized carbons (Fsp3) is 0.786. The van der Waals surface area contributed by atoms with Crippen LogP contribution >= 0.6 is 0 Å². The van der Waals surface area contributed by atoms with Gasteiger partial charge in [-0.15, -0.1) is 0 Å². The smallest absolute Gasteiger partial charge is 0.307 e. The third kappa shape index (κ3) is 21.6. The molecular weight excluding hydrogens is 400 g/mol. The van der Waals surface area contributed by atoms with E-state index in [1.54, 1.807) is 0 Å². The Bertz CT molecular complexity index is 484. The molecule has 0 aliphatic carbocycles. The van der Waals surface area contributed by atoms with Crippen molar-refractivity contribution in [3.05, 3.63) is 24.8 Å². The molecule has 186 valence electrons. The highest BCUT2D eigenvalue weighted by atomic mass is 16.5. The molecule has 0 aliphatic heterocycles. The van der Waals surface area contributed by atoms with E-state index in [-0.39, 0.29) is 13.0 Å². The van der Waals surface area contributed by atoms with Gasteiger partial charge in [0.2, 0.25) is 0 Å². The molecule has 0 aromatic heterocycles. The summed E-state index contributed by atoms with van der Waals surface area (Å²) in [5.74, 6) is -2.00. The Balaban J connectivity index is 3.45. The van der Waals surface area contributed by atoms with Gasteiger partial charge in [0.25, 0.3) is 0 Å². The summed E-state index contributed by atoms with van der Waals surface area (Å²) in [6.45, 7) is 5.89. The molecule has 0 aromatic carbocycles. The SMILES string of the molecule is C=CCOC(=O)CC(CCCCCCCC/C=C/CCCCCCCCCCC)C(=O)O. The van der Waals surface area contributed by atoms with E-state index in [1.807, 2.05) is 0 Å². The summed E-state index contributed by atoms with van der Waals surface area (Å²) in [6.07, 6.45) is 28.2. The van der Waals surface area contributed by atoms with Crippen molar-refractivity contribution in [2.75, 3.05) is 6.61 Å². The van der Waals surface area contributed by atoms with Gasteiger partial charge in [-0.3, -0.25) is 9.59 Å². The number of rotatable bonds is 24. The summed E-state index contributed by atoms with van der Waals surface area (Å²) >= 11 is 0. The average molecular weight is 451 g/mol. The molecule has 0 heterocycles. The summed E-state index contributed by atoms with van der Waals surface area (Å²) < 4.78 is 4.89. The van der Waals surface area contributed by atoms with Gasteiger partial charge in [0.1, 0.15) is 6.61 Å². The van der Waals surface area contributed by atoms with Gasteiger partial charge < -0.3 is 9.84 Å². The van der Waals surface area contributed by atoms with Crippen LogP contribution < -0.4 is 0 Å². The van der Waals surface area contributed by atoms with Gasteiger partial charge in [-0.2, -0.15) is 0 Å². The van der Waals surface area contributed by atoms with E-state index >= 15 is 0 Å². The molecule has 4 nitrogen and oxygen atoms in total. The van der Waals surface area contributed by atoms with Crippen LogP contribution in [-0.2, 0) is 14.3 Å². The Kier molecular flexibility index (Phi) is 22.9. The highest BCUT2D eigenvalue weighted by molar-refractivity contribution is 5.78. The average Bonchev–Trinajstić information content (AvgIpc) is 2.78. The van der Waals surface area contributed by atoms with Gasteiger partial charge in [0.05, 0.1) is 12.3 Å². The van der Waals surface area contributed by atoms with Crippen LogP contribution in [0.3, 0.4) is 0 Å². The predicted octanol–water partition coefficient (Wildman–Crippen LogP) is 8.40. The molecule has 4 heteroatoms. The molecule has 0 amide bonds. The zero-order valence-electron chi connectivity index (χ0n) is 20.8. The van der Waals surface area contributed by atoms with Crippen LogP contribution in [0.2, 0.25) is 0 Å². The summed E-state index contributed by atoms with van der Waals surface area (Å²) in [5, 5.41) is 9.26. The van der Waals surface area contributed by atoms with Crippen molar-refractivity contribution in [2.45, 2.75) is 129 Å². The van der Waals surface area contributed by atoms with E-state index in [2.05, 4.69) is 25.7 Å². The van der Waals surface area contributed by atoms with Crippen LogP contribution in [0.5, 0.6) is 0 Å². The standard InChI is InChI=1S/C28H50O4/c1-3-5-6-7-8-9-10-11-12-13-14-15-16-17-18-19-20-21-22-23-26(28(30)31)25-27(29)32-24-4-2/h4,14-15,26H,2-3,5-13,16-25H2,1H3,(H,30,31)/b15-14+. The van der Waals surface area contributed by atoms with E-state index in [9.17, 15) is 14.7 Å². The molecule has 0 aliphatic rings. The lowest BCUT2D eigenvalue weighted by atomic mass is 9.97. The number of aliphatic carboxylic acids is 1. The highest BCUT2D eigenvalue weighted by Crippen LogP contribution is 2.17. The Labute approximate surface area is 197 Å². The number of unbranched alkanes of at least 4 members (excludes halogenated alkanes) is 15. The topological polar surface area (TPSA) is 63.6 Å². The van der Waals surface area contributed by atoms with Crippen LogP contribution in [0.25, 0.3) is 0 Å². The number of carbonyl (C=O) groups is 2. The summed E-state index contributed by atoms with van der Waals surface area (Å²) in [7, 11) is 0. The number of ether oxygens (including phenoxy) is 1. The van der Waals surface area contributed by atoms with Crippen molar-refractivity contribution in [1.29, 1.82) is 0 Å². The lowest BCUT2D eigenvalue weighted by Crippen LogP contribution is -2.19. The van der Waals surface area contributed by atoms with Crippen molar-refractivity contribution in [1.82, 2.24) is 0 Å². The van der Waals surface area contributed by atoms with E-state index < -0.39 is 17.9 Å². The maximum absolute atomic E-state index is 11.6. The van der Waals surface area contributed by atoms with Gasteiger partial charge in [-0.05, 0) is 32.1 Å². The molecule has 32 heavy (non-hydrogen) atoms. The molecule has 1 unspecified atom stereocenters. The molecule has 0 saturated carbocycles. The second kappa shape index (κ2) is 24.1. The van der Waals surface area contributed by atoms with E-state index in [4.69, 9.17) is 4.74 Å². The lowest BCUT2D eigenvalue weighted by molar-refractivity contribution is -0.151. The van der Waals surface area contributed by atoms with Crippen LogP contribution in [-0.4, -0.2) is 23.7 Å². The number of carbonyl (C=O) groups excluding carboxylic acids is 1. The first-order chi connectivity index (χ1) is 15.6. The molecule has 0 saturated heterocycles. The van der Waals surface area contributed by atoms with Crippen molar-refractivity contribution in [2.24, 2.45) is 5.92 Å². The fourth-order valence-electron chi connectivity index (χ4n) is 3.89. The first-order valence-electron chi connectivity index (χ1n) is 13.3. The molecular formula is C28H50O4. The Morgan fingerprint density at radius 3 is 1.72 bits per heavy atom. The second-order valence-corrected chi connectivity index (χ2v) is 9.00. The molecule has 0 bridgehead atoms. The summed E-state index contributed by atoms with van der Waals surface area (Å²) in [6, 6.07) is 0. The zero-order valence-corrected chi connectivity index (χ0v) is 20.8. The molecule has 1 N–H and O–H groups in total. The Morgan fingerprint density at radius 2 is 1.25 bits per heavy atom. The number of esters is 1. The number of carboxylic acids is 1. The third-order valence-electron chi connectivity index (χ3n) is 5.94. The predicted molar refractivity (Wildman–Crippen MR) is 135 cm³/mol. The number of carboxylic acid groups (broad SMARTS) is 1. The quantitative estimate of drug-likeness (QED) is 0.0910. The van der Waals surface area contributed by atoms with Crippen molar-refractivity contribution >= 4 is 11.9 Å². The fourth-order valence-corrected chi connectivity index (χ4v) is 3.89. The zero-order chi connectivity index (χ0) is 23.7. The van der Waals surface area contributed by atoms with Crippen LogP contribution in [0, 0.1) is 5.92 Å². The van der Waals surface area contributed by atoms with Crippen molar-refractivity contribution in [3.8, 4) is 0 Å². The lowest BCUT2D eigenvalue weighted by Gasteiger charge is -2.11. The first kappa shape index (κ1) is 30.4. The number of hydrogen-bond acceptors (Lipinski definition) is 3. The molecule has 0 aromatic rings. The third-order valence-corrected chi connectivity index (χ3v) is 5.94. The van der Waals surface area contributed by atoms with E-state index in [0.717, 1.165) is 19.3 Å². The minimum Gasteiger partial charge on any atom is -0.481 e. The summed E-state index contributed by atoms with van der Waals surface area (Å²) in [4.78, 5) is 22.9. The minimum absolute atomic E-state index is 0.0471. The van der Waals surface area contributed by atoms with E-state index in [1.165, 1.54) is 96.0 Å². The molecule has 0 fully saturated rings. The summed E-state index contributed by atoms with van der Waals surface area (Å²) in [5.41, 5.74) is 0. The van der Waals surface area contributed by atoms with Crippen LogP contribution in [0.1, 0.15) is 129 Å².